The van der Waals surface area contributed by atoms with Gasteiger partial charge in [0.1, 0.15) is 0 Å². The van der Waals surface area contributed by atoms with Crippen LogP contribution in [0.3, 0.4) is 0 Å². The summed E-state index contributed by atoms with van der Waals surface area (Å²) in [6.45, 7) is 2.12. The number of rotatable bonds is 5. The molecule has 1 unspecified atom stereocenters. The van der Waals surface area contributed by atoms with E-state index in [1.807, 2.05) is 18.8 Å². The molecule has 0 aliphatic heterocycles. The summed E-state index contributed by atoms with van der Waals surface area (Å²) in [7, 11) is 2.02. The summed E-state index contributed by atoms with van der Waals surface area (Å²) in [6, 6.07) is 9.09. The first-order chi connectivity index (χ1) is 8.70. The molecule has 0 bridgehead atoms. The molecule has 1 atom stereocenters. The number of nitrogens with one attached hydrogen (secondary N) is 1. The van der Waals surface area contributed by atoms with E-state index in [4.69, 9.17) is 0 Å². The molecule has 0 spiro atoms. The van der Waals surface area contributed by atoms with Gasteiger partial charge in [0.2, 0.25) is 0 Å². The predicted octanol–water partition coefficient (Wildman–Crippen LogP) is 4.87. The third kappa shape index (κ3) is 3.60. The van der Waals surface area contributed by atoms with Gasteiger partial charge in [-0.05, 0) is 53.0 Å². The minimum absolute atomic E-state index is 0.386. The zero-order chi connectivity index (χ0) is 13.0. The van der Waals surface area contributed by atoms with Gasteiger partial charge in [0.25, 0.3) is 0 Å². The molecule has 1 aromatic carbocycles. The van der Waals surface area contributed by atoms with Crippen LogP contribution in [0.25, 0.3) is 0 Å². The van der Waals surface area contributed by atoms with E-state index in [0.29, 0.717) is 6.04 Å². The van der Waals surface area contributed by atoms with Crippen LogP contribution in [-0.2, 0) is 0 Å². The van der Waals surface area contributed by atoms with Gasteiger partial charge in [-0.2, -0.15) is 11.3 Å². The molecule has 0 fully saturated rings. The summed E-state index contributed by atoms with van der Waals surface area (Å²) < 4.78 is 1.20. The Morgan fingerprint density at radius 1 is 1.28 bits per heavy atom. The van der Waals surface area contributed by atoms with Crippen molar-refractivity contribution in [1.29, 1.82) is 0 Å². The van der Waals surface area contributed by atoms with Crippen LogP contribution in [0.4, 0.5) is 0 Å². The molecule has 0 saturated carbocycles. The zero-order valence-electron chi connectivity index (χ0n) is 10.4. The van der Waals surface area contributed by atoms with Crippen molar-refractivity contribution in [3.63, 3.8) is 0 Å². The third-order valence-electron chi connectivity index (χ3n) is 2.80. The Labute approximate surface area is 125 Å². The van der Waals surface area contributed by atoms with E-state index in [2.05, 4.69) is 63.2 Å². The van der Waals surface area contributed by atoms with Crippen molar-refractivity contribution in [2.75, 3.05) is 12.8 Å². The molecule has 1 nitrogen and oxygen atoms in total. The fraction of sp³-hybridized carbons (Fsp3) is 0.286. The second-order valence-electron chi connectivity index (χ2n) is 4.14. The van der Waals surface area contributed by atoms with Crippen molar-refractivity contribution >= 4 is 39.0 Å². The maximum absolute atomic E-state index is 3.60. The molecular weight excluding hydrogens is 326 g/mol. The topological polar surface area (TPSA) is 12.0 Å². The average molecular weight is 342 g/mol. The predicted molar refractivity (Wildman–Crippen MR) is 85.7 cm³/mol. The van der Waals surface area contributed by atoms with Crippen LogP contribution < -0.4 is 5.32 Å². The van der Waals surface area contributed by atoms with Crippen molar-refractivity contribution in [3.05, 3.63) is 50.6 Å². The van der Waals surface area contributed by atoms with Gasteiger partial charge in [-0.15, -0.1) is 11.8 Å². The van der Waals surface area contributed by atoms with Gasteiger partial charge in [0, 0.05) is 26.5 Å². The number of aryl methyl sites for hydroxylation is 1. The lowest BCUT2D eigenvalue weighted by Crippen LogP contribution is -2.18. The normalized spacial score (nSPS) is 12.6. The lowest BCUT2D eigenvalue weighted by Gasteiger charge is -2.15. The molecule has 1 heterocycles. The van der Waals surface area contributed by atoms with Crippen molar-refractivity contribution < 1.29 is 0 Å². The highest BCUT2D eigenvalue weighted by Crippen LogP contribution is 2.31. The van der Waals surface area contributed by atoms with E-state index in [0.717, 1.165) is 5.75 Å². The number of thioether (sulfide) groups is 1. The van der Waals surface area contributed by atoms with Gasteiger partial charge in [0.05, 0.1) is 0 Å². The average Bonchev–Trinajstić information content (AvgIpc) is 2.79. The van der Waals surface area contributed by atoms with Crippen LogP contribution >= 0.6 is 39.0 Å². The summed E-state index contributed by atoms with van der Waals surface area (Å²) in [5, 5.41) is 7.73. The molecule has 96 valence electrons. The van der Waals surface area contributed by atoms with E-state index in [1.165, 1.54) is 20.5 Å². The van der Waals surface area contributed by atoms with Gasteiger partial charge >= 0.3 is 0 Å². The molecule has 18 heavy (non-hydrogen) atoms. The summed E-state index contributed by atoms with van der Waals surface area (Å²) in [5.74, 6) is 1.04. The highest BCUT2D eigenvalue weighted by molar-refractivity contribution is 9.10. The van der Waals surface area contributed by atoms with Crippen LogP contribution in [-0.4, -0.2) is 12.8 Å². The number of thiophene rings is 1. The number of halogens is 1. The number of hydrogen-bond acceptors (Lipinski definition) is 3. The van der Waals surface area contributed by atoms with Crippen LogP contribution in [0.5, 0.6) is 0 Å². The molecule has 0 aliphatic rings. The molecule has 4 heteroatoms. The van der Waals surface area contributed by atoms with E-state index in [-0.39, 0.29) is 0 Å². The Kier molecular flexibility index (Phi) is 5.30. The largest absolute Gasteiger partial charge is 0.312 e. The Hall–Kier alpha value is -0.290. The Balaban J connectivity index is 2.00. The second kappa shape index (κ2) is 6.75. The standard InChI is InChI=1S/C14H16BrNS2/c1-10-3-5-11(6-4-10)18-9-14(16-2)12-7-17-8-13(12)15/h3-8,14,16H,9H2,1-2H3. The van der Waals surface area contributed by atoms with Gasteiger partial charge in [-0.1, -0.05) is 17.7 Å². The highest BCUT2D eigenvalue weighted by Gasteiger charge is 2.13. The van der Waals surface area contributed by atoms with E-state index >= 15 is 0 Å². The minimum atomic E-state index is 0.386. The molecule has 0 radical (unpaired) electrons. The van der Waals surface area contributed by atoms with Crippen LogP contribution in [0, 0.1) is 6.92 Å². The Morgan fingerprint density at radius 2 is 2.00 bits per heavy atom. The monoisotopic (exact) mass is 341 g/mol. The smallest absolute Gasteiger partial charge is 0.0432 e. The van der Waals surface area contributed by atoms with E-state index in [9.17, 15) is 0 Å². The van der Waals surface area contributed by atoms with Crippen molar-refractivity contribution in [3.8, 4) is 0 Å². The van der Waals surface area contributed by atoms with Gasteiger partial charge in [0.15, 0.2) is 0 Å². The van der Waals surface area contributed by atoms with Crippen molar-refractivity contribution in [2.45, 2.75) is 17.9 Å². The maximum Gasteiger partial charge on any atom is 0.0432 e. The first-order valence-corrected chi connectivity index (χ1v) is 8.51. The molecular formula is C14H16BrNS2. The molecule has 2 rings (SSSR count). The van der Waals surface area contributed by atoms with Crippen molar-refractivity contribution in [1.82, 2.24) is 5.32 Å². The molecule has 1 aromatic heterocycles. The Morgan fingerprint density at radius 3 is 2.56 bits per heavy atom. The molecule has 0 aliphatic carbocycles. The van der Waals surface area contributed by atoms with E-state index in [1.54, 1.807) is 11.3 Å². The highest BCUT2D eigenvalue weighted by atomic mass is 79.9. The third-order valence-corrected chi connectivity index (χ3v) is 5.66. The Bertz CT molecular complexity index is 493. The summed E-state index contributed by atoms with van der Waals surface area (Å²) in [4.78, 5) is 1.33. The lowest BCUT2D eigenvalue weighted by atomic mass is 10.2. The second-order valence-corrected chi connectivity index (χ2v) is 6.83. The molecule has 1 N–H and O–H groups in total. The maximum atomic E-state index is 3.60. The molecule has 0 amide bonds. The van der Waals surface area contributed by atoms with E-state index < -0.39 is 0 Å². The SMILES string of the molecule is CNC(CSc1ccc(C)cc1)c1cscc1Br. The first kappa shape index (κ1) is 14.1. The van der Waals surface area contributed by atoms with Crippen molar-refractivity contribution in [2.24, 2.45) is 0 Å². The fourth-order valence-electron chi connectivity index (χ4n) is 1.68. The van der Waals surface area contributed by atoms with Crippen LogP contribution in [0.15, 0.2) is 44.4 Å². The summed E-state index contributed by atoms with van der Waals surface area (Å²) in [5.41, 5.74) is 2.66. The van der Waals surface area contributed by atoms with Crippen LogP contribution in [0.2, 0.25) is 0 Å². The number of benzene rings is 1. The number of hydrogen-bond donors (Lipinski definition) is 1. The summed E-state index contributed by atoms with van der Waals surface area (Å²) >= 11 is 7.23. The summed E-state index contributed by atoms with van der Waals surface area (Å²) in [6.07, 6.45) is 0. The zero-order valence-corrected chi connectivity index (χ0v) is 13.7. The minimum Gasteiger partial charge on any atom is -0.312 e. The molecule has 0 saturated heterocycles. The molecule has 2 aromatic rings. The van der Waals surface area contributed by atoms with Gasteiger partial charge in [-0.3, -0.25) is 0 Å². The van der Waals surface area contributed by atoms with Gasteiger partial charge < -0.3 is 5.32 Å². The van der Waals surface area contributed by atoms with Crippen LogP contribution in [0.1, 0.15) is 17.2 Å². The fourth-order valence-corrected chi connectivity index (χ4v) is 4.34. The van der Waals surface area contributed by atoms with Gasteiger partial charge in [-0.25, -0.2) is 0 Å². The quantitative estimate of drug-likeness (QED) is 0.778. The lowest BCUT2D eigenvalue weighted by molar-refractivity contribution is 0.661. The first-order valence-electron chi connectivity index (χ1n) is 5.79.